The topological polar surface area (TPSA) is 60.7 Å². The number of hydrogen-bond donors (Lipinski definition) is 1. The number of ether oxygens (including phenoxy) is 1. The van der Waals surface area contributed by atoms with Gasteiger partial charge in [-0.1, -0.05) is 62.7 Å². The average molecular weight is 508 g/mol. The molecule has 0 spiro atoms. The predicted molar refractivity (Wildman–Crippen MR) is 145 cm³/mol. The summed E-state index contributed by atoms with van der Waals surface area (Å²) in [5.41, 5.74) is 2.98. The van der Waals surface area contributed by atoms with E-state index in [1.807, 2.05) is 66.7 Å². The molecule has 3 aromatic carbocycles. The predicted octanol–water partition coefficient (Wildman–Crippen LogP) is 8.89. The van der Waals surface area contributed by atoms with Crippen LogP contribution in [0.4, 0.5) is 10.5 Å². The first kappa shape index (κ1) is 24.9. The van der Waals surface area contributed by atoms with Crippen LogP contribution in [0.25, 0.3) is 22.3 Å². The molecule has 0 saturated carbocycles. The molecule has 0 unspecified atom stereocenters. The van der Waals surface area contributed by atoms with E-state index in [-0.39, 0.29) is 11.6 Å². The second-order valence-electron chi connectivity index (χ2n) is 10.0. The quantitative estimate of drug-likeness (QED) is 0.265. The van der Waals surface area contributed by atoms with Gasteiger partial charge in [0.25, 0.3) is 8.32 Å². The maximum absolute atomic E-state index is 12.3. The van der Waals surface area contributed by atoms with Crippen molar-refractivity contribution in [1.82, 2.24) is 0 Å². The van der Waals surface area contributed by atoms with Crippen LogP contribution in [0.2, 0.25) is 23.2 Å². The third-order valence-electron chi connectivity index (χ3n) is 6.37. The lowest BCUT2D eigenvalue weighted by Crippen LogP contribution is -2.43. The lowest BCUT2D eigenvalue weighted by Gasteiger charge is -2.36. The van der Waals surface area contributed by atoms with E-state index in [9.17, 15) is 4.79 Å². The number of furan rings is 1. The van der Waals surface area contributed by atoms with Crippen molar-refractivity contribution in [3.05, 3.63) is 83.4 Å². The molecule has 1 N–H and O–H groups in total. The minimum Gasteiger partial charge on any atom is -0.540 e. The van der Waals surface area contributed by atoms with Gasteiger partial charge in [0.05, 0.1) is 5.39 Å². The third-order valence-corrected chi connectivity index (χ3v) is 11.0. The molecule has 0 aliphatic rings. The van der Waals surface area contributed by atoms with Gasteiger partial charge in [0, 0.05) is 22.3 Å². The summed E-state index contributed by atoms with van der Waals surface area (Å²) in [5.74, 6) is 1.36. The number of rotatable bonds is 6. The summed E-state index contributed by atoms with van der Waals surface area (Å²) in [6.07, 6.45) is -0.532. The number of benzene rings is 3. The Labute approximate surface area is 212 Å². The van der Waals surface area contributed by atoms with Gasteiger partial charge in [-0.25, -0.2) is 4.79 Å². The highest BCUT2D eigenvalue weighted by atomic mass is 35.5. The first-order valence-corrected chi connectivity index (χ1v) is 14.8. The molecule has 0 radical (unpaired) electrons. The van der Waals surface area contributed by atoms with Crippen molar-refractivity contribution >= 4 is 42.7 Å². The van der Waals surface area contributed by atoms with Crippen LogP contribution in [-0.4, -0.2) is 14.4 Å². The van der Waals surface area contributed by atoms with Gasteiger partial charge in [0.15, 0.2) is 11.5 Å². The summed E-state index contributed by atoms with van der Waals surface area (Å²) < 4.78 is 18.4. The van der Waals surface area contributed by atoms with Crippen molar-refractivity contribution in [2.75, 3.05) is 5.32 Å². The van der Waals surface area contributed by atoms with E-state index in [1.165, 1.54) is 0 Å². The van der Waals surface area contributed by atoms with Gasteiger partial charge < -0.3 is 13.6 Å². The van der Waals surface area contributed by atoms with E-state index in [4.69, 9.17) is 25.2 Å². The highest BCUT2D eigenvalue weighted by Crippen LogP contribution is 2.45. The Morgan fingerprint density at radius 1 is 1.00 bits per heavy atom. The van der Waals surface area contributed by atoms with Crippen molar-refractivity contribution < 1.29 is 18.4 Å². The molecule has 182 valence electrons. The van der Waals surface area contributed by atoms with E-state index in [1.54, 1.807) is 6.07 Å². The summed E-state index contributed by atoms with van der Waals surface area (Å²) in [6.45, 7) is 11.2. The Hall–Kier alpha value is -3.22. The molecular formula is C28H30ClNO4Si. The molecule has 1 amide bonds. The second-order valence-corrected chi connectivity index (χ2v) is 15.2. The molecule has 0 atom stereocenters. The fourth-order valence-corrected chi connectivity index (χ4v) is 4.47. The molecule has 7 heteroatoms. The van der Waals surface area contributed by atoms with Gasteiger partial charge in [-0.3, -0.25) is 5.32 Å². The van der Waals surface area contributed by atoms with Crippen molar-refractivity contribution in [3.63, 3.8) is 0 Å². The van der Waals surface area contributed by atoms with Gasteiger partial charge in [-0.2, -0.15) is 0 Å². The number of anilines is 1. The number of carbonyl (C=O) groups excluding carboxylic acids is 1. The summed E-state index contributed by atoms with van der Waals surface area (Å²) in [6, 6.07) is 22.6. The Kier molecular flexibility index (Phi) is 6.97. The summed E-state index contributed by atoms with van der Waals surface area (Å²) >= 11 is 6.11. The highest BCUT2D eigenvalue weighted by molar-refractivity contribution is 6.74. The number of halogens is 1. The van der Waals surface area contributed by atoms with Gasteiger partial charge in [0.1, 0.15) is 12.2 Å². The van der Waals surface area contributed by atoms with Crippen LogP contribution in [0.5, 0.6) is 5.75 Å². The van der Waals surface area contributed by atoms with Crippen LogP contribution < -0.4 is 9.74 Å². The van der Waals surface area contributed by atoms with Gasteiger partial charge in [-0.05, 0) is 60.1 Å². The molecule has 35 heavy (non-hydrogen) atoms. The highest BCUT2D eigenvalue weighted by Gasteiger charge is 2.40. The monoisotopic (exact) mass is 507 g/mol. The van der Waals surface area contributed by atoms with E-state index >= 15 is 0 Å². The van der Waals surface area contributed by atoms with Crippen LogP contribution in [-0.2, 0) is 11.3 Å². The van der Waals surface area contributed by atoms with Gasteiger partial charge in [-0.15, -0.1) is 0 Å². The number of nitrogens with one attached hydrogen (secondary N) is 1. The number of hydrogen-bond acceptors (Lipinski definition) is 4. The maximum Gasteiger partial charge on any atom is 0.411 e. The van der Waals surface area contributed by atoms with Gasteiger partial charge >= 0.3 is 6.09 Å². The lowest BCUT2D eigenvalue weighted by atomic mass is 10.1. The molecule has 0 aliphatic carbocycles. The number of amides is 1. The molecule has 1 aromatic heterocycles. The van der Waals surface area contributed by atoms with Crippen LogP contribution in [0.3, 0.4) is 0 Å². The molecule has 4 aromatic rings. The lowest BCUT2D eigenvalue weighted by molar-refractivity contribution is 0.155. The first-order chi connectivity index (χ1) is 16.5. The van der Waals surface area contributed by atoms with Gasteiger partial charge in [0.2, 0.25) is 0 Å². The van der Waals surface area contributed by atoms with Crippen LogP contribution in [0.1, 0.15) is 26.3 Å². The normalized spacial score (nSPS) is 11.9. The van der Waals surface area contributed by atoms with Crippen LogP contribution >= 0.6 is 11.6 Å². The molecule has 1 heterocycles. The molecule has 0 bridgehead atoms. The zero-order chi connectivity index (χ0) is 25.2. The largest absolute Gasteiger partial charge is 0.540 e. The average Bonchev–Trinajstić information content (AvgIpc) is 3.15. The molecular weight excluding hydrogens is 478 g/mol. The Balaban J connectivity index is 1.64. The fourth-order valence-electron chi connectivity index (χ4n) is 3.33. The Bertz CT molecular complexity index is 1330. The molecule has 0 aliphatic heterocycles. The summed E-state index contributed by atoms with van der Waals surface area (Å²) in [4.78, 5) is 12.3. The smallest absolute Gasteiger partial charge is 0.411 e. The Morgan fingerprint density at radius 2 is 1.69 bits per heavy atom. The summed E-state index contributed by atoms with van der Waals surface area (Å²) in [5, 5.41) is 4.29. The number of fused-ring (bicyclic) bond motifs is 1. The second kappa shape index (κ2) is 9.80. The van der Waals surface area contributed by atoms with Crippen molar-refractivity contribution in [2.45, 2.75) is 45.5 Å². The van der Waals surface area contributed by atoms with E-state index in [2.05, 4.69) is 39.2 Å². The minimum atomic E-state index is -2.16. The van der Waals surface area contributed by atoms with Crippen molar-refractivity contribution in [2.24, 2.45) is 0 Å². The molecule has 0 saturated heterocycles. The van der Waals surface area contributed by atoms with Crippen molar-refractivity contribution in [3.8, 4) is 17.1 Å². The zero-order valence-corrected chi connectivity index (χ0v) is 22.4. The number of carbonyl (C=O) groups is 1. The fraction of sp³-hybridized carbons (Fsp3) is 0.250. The molecule has 4 rings (SSSR count). The van der Waals surface area contributed by atoms with E-state index in [0.29, 0.717) is 27.8 Å². The molecule has 5 nitrogen and oxygen atoms in total. The zero-order valence-electron chi connectivity index (χ0n) is 20.6. The van der Waals surface area contributed by atoms with Crippen LogP contribution in [0, 0.1) is 0 Å². The molecule has 0 fully saturated rings. The van der Waals surface area contributed by atoms with Crippen LogP contribution in [0.15, 0.2) is 77.2 Å². The minimum absolute atomic E-state index is 0.0118. The first-order valence-electron chi connectivity index (χ1n) is 11.5. The van der Waals surface area contributed by atoms with Crippen molar-refractivity contribution in [1.29, 1.82) is 0 Å². The van der Waals surface area contributed by atoms with E-state index in [0.717, 1.165) is 16.5 Å². The standard InChI is InChI=1S/C28H30ClNO4Si/c1-28(2,3)35(4,5)34-26-23-16-15-22(30-27(31)32-18-19-9-7-6-8-10-19)17-24(23)33-25(26)20-11-13-21(29)14-12-20/h6-17H,18H2,1-5H3,(H,30,31). The SMILES string of the molecule is CC(C)(C)[Si](C)(C)Oc1c(-c2ccc(Cl)cc2)oc2cc(NC(=O)OCc3ccccc3)ccc12. The summed E-state index contributed by atoms with van der Waals surface area (Å²) in [7, 11) is -2.16. The third kappa shape index (κ3) is 5.72. The van der Waals surface area contributed by atoms with E-state index < -0.39 is 14.4 Å². The maximum atomic E-state index is 12.3. The Morgan fingerprint density at radius 3 is 2.34 bits per heavy atom.